The fourth-order valence-corrected chi connectivity index (χ4v) is 1.84. The summed E-state index contributed by atoms with van der Waals surface area (Å²) in [7, 11) is 0. The van der Waals surface area contributed by atoms with Gasteiger partial charge in [-0.25, -0.2) is 0 Å². The van der Waals surface area contributed by atoms with Crippen LogP contribution in [0.3, 0.4) is 0 Å². The third-order valence-electron chi connectivity index (χ3n) is 2.68. The molecule has 1 aromatic carbocycles. The number of carbonyl (C=O) groups is 1. The van der Waals surface area contributed by atoms with Crippen molar-refractivity contribution in [1.29, 1.82) is 0 Å². The lowest BCUT2D eigenvalue weighted by molar-refractivity contribution is -0.223. The van der Waals surface area contributed by atoms with Gasteiger partial charge in [-0.3, -0.25) is 4.79 Å². The fourth-order valence-electron chi connectivity index (χ4n) is 1.84. The van der Waals surface area contributed by atoms with Crippen LogP contribution >= 0.6 is 0 Å². The van der Waals surface area contributed by atoms with Crippen molar-refractivity contribution in [3.05, 3.63) is 35.9 Å². The quantitative estimate of drug-likeness (QED) is 0.761. The molecule has 0 bridgehead atoms. The zero-order valence-corrected chi connectivity index (χ0v) is 11.1. The Bertz CT molecular complexity index is 419. The summed E-state index contributed by atoms with van der Waals surface area (Å²) >= 11 is 0. The maximum Gasteiger partial charge on any atom is 0.305 e. The number of hydrogen-bond acceptors (Lipinski definition) is 5. The average molecular weight is 266 g/mol. The van der Waals surface area contributed by atoms with Crippen LogP contribution in [0.2, 0.25) is 0 Å². The Hall–Kier alpha value is -1.43. The number of hydrogen-bond donors (Lipinski definition) is 0. The first-order valence-corrected chi connectivity index (χ1v) is 6.18. The Morgan fingerprint density at radius 3 is 2.84 bits per heavy atom. The number of rotatable bonds is 5. The van der Waals surface area contributed by atoms with Gasteiger partial charge in [-0.05, 0) is 12.5 Å². The molecule has 0 N–H and O–H groups in total. The lowest BCUT2D eigenvalue weighted by atomic mass is 10.2. The summed E-state index contributed by atoms with van der Waals surface area (Å²) in [4.78, 5) is 10.8. The Labute approximate surface area is 112 Å². The molecule has 5 nitrogen and oxygen atoms in total. The molecule has 1 aliphatic rings. The topological polar surface area (TPSA) is 54.0 Å². The minimum atomic E-state index is -0.866. The second kappa shape index (κ2) is 6.14. The molecule has 0 amide bonds. The normalized spacial score (nSPS) is 26.3. The van der Waals surface area contributed by atoms with E-state index in [0.717, 1.165) is 5.56 Å². The first kappa shape index (κ1) is 14.0. The molecule has 1 aromatic rings. The summed E-state index contributed by atoms with van der Waals surface area (Å²) in [5.41, 5.74) is 1.08. The molecule has 1 heterocycles. The van der Waals surface area contributed by atoms with Gasteiger partial charge in [0.2, 0.25) is 6.29 Å². The first-order valence-electron chi connectivity index (χ1n) is 6.18. The van der Waals surface area contributed by atoms with Crippen LogP contribution in [-0.2, 0) is 30.3 Å². The standard InChI is InChI=1S/C14H18O5/c1-11(15)18-13-9-17-14(2,19-13)10-16-8-12-6-4-3-5-7-12/h3-7,13H,8-10H2,1-2H3/t13?,14-/m0/s1. The third-order valence-corrected chi connectivity index (χ3v) is 2.68. The Morgan fingerprint density at radius 1 is 1.42 bits per heavy atom. The van der Waals surface area contributed by atoms with E-state index >= 15 is 0 Å². The maximum absolute atomic E-state index is 10.8. The molecular formula is C14H18O5. The van der Waals surface area contributed by atoms with Gasteiger partial charge in [0.25, 0.3) is 0 Å². The zero-order valence-electron chi connectivity index (χ0n) is 11.1. The molecule has 2 rings (SSSR count). The summed E-state index contributed by atoms with van der Waals surface area (Å²) < 4.78 is 21.5. The van der Waals surface area contributed by atoms with Crippen molar-refractivity contribution in [2.45, 2.75) is 32.5 Å². The minimum absolute atomic E-state index is 0.227. The van der Waals surface area contributed by atoms with Crippen LogP contribution < -0.4 is 0 Å². The van der Waals surface area contributed by atoms with E-state index in [0.29, 0.717) is 6.61 Å². The molecule has 19 heavy (non-hydrogen) atoms. The molecular weight excluding hydrogens is 248 g/mol. The van der Waals surface area contributed by atoms with Crippen molar-refractivity contribution < 1.29 is 23.7 Å². The van der Waals surface area contributed by atoms with Gasteiger partial charge in [0.15, 0.2) is 5.79 Å². The van der Waals surface area contributed by atoms with E-state index in [1.807, 2.05) is 30.3 Å². The van der Waals surface area contributed by atoms with Crippen molar-refractivity contribution in [3.63, 3.8) is 0 Å². The fraction of sp³-hybridized carbons (Fsp3) is 0.500. The van der Waals surface area contributed by atoms with Gasteiger partial charge < -0.3 is 18.9 Å². The van der Waals surface area contributed by atoms with Crippen molar-refractivity contribution in [1.82, 2.24) is 0 Å². The van der Waals surface area contributed by atoms with Gasteiger partial charge in [0.05, 0.1) is 6.61 Å². The third kappa shape index (κ3) is 4.31. The van der Waals surface area contributed by atoms with Crippen LogP contribution in [-0.4, -0.2) is 31.3 Å². The highest BCUT2D eigenvalue weighted by molar-refractivity contribution is 5.66. The lowest BCUT2D eigenvalue weighted by Crippen LogP contribution is -2.33. The summed E-state index contributed by atoms with van der Waals surface area (Å²) in [5.74, 6) is -1.25. The van der Waals surface area contributed by atoms with E-state index in [1.54, 1.807) is 6.92 Å². The monoisotopic (exact) mass is 266 g/mol. The Balaban J connectivity index is 1.75. The van der Waals surface area contributed by atoms with Crippen LogP contribution in [0.4, 0.5) is 0 Å². The molecule has 5 heteroatoms. The van der Waals surface area contributed by atoms with E-state index < -0.39 is 12.1 Å². The second-order valence-electron chi connectivity index (χ2n) is 4.58. The first-order chi connectivity index (χ1) is 9.07. The van der Waals surface area contributed by atoms with Gasteiger partial charge in [-0.15, -0.1) is 0 Å². The Kier molecular flexibility index (Phi) is 4.52. The zero-order chi connectivity index (χ0) is 13.7. The van der Waals surface area contributed by atoms with E-state index in [4.69, 9.17) is 18.9 Å². The predicted octanol–water partition coefficient (Wildman–Crippen LogP) is 1.86. The van der Waals surface area contributed by atoms with E-state index in [2.05, 4.69) is 0 Å². The maximum atomic E-state index is 10.8. The molecule has 1 unspecified atom stereocenters. The molecule has 2 atom stereocenters. The van der Waals surface area contributed by atoms with Gasteiger partial charge in [-0.1, -0.05) is 30.3 Å². The average Bonchev–Trinajstić information content (AvgIpc) is 2.71. The van der Waals surface area contributed by atoms with Gasteiger partial charge >= 0.3 is 5.97 Å². The highest BCUT2D eigenvalue weighted by atomic mass is 16.8. The molecule has 1 saturated heterocycles. The number of esters is 1. The molecule has 1 fully saturated rings. The SMILES string of the molecule is CC(=O)OC1CO[C@](C)(COCc2ccccc2)O1. The van der Waals surface area contributed by atoms with Crippen LogP contribution in [0, 0.1) is 0 Å². The van der Waals surface area contributed by atoms with Gasteiger partial charge in [0, 0.05) is 6.92 Å². The van der Waals surface area contributed by atoms with Crippen LogP contribution in [0.15, 0.2) is 30.3 Å². The number of benzene rings is 1. The van der Waals surface area contributed by atoms with Crippen molar-refractivity contribution in [2.75, 3.05) is 13.2 Å². The second-order valence-corrected chi connectivity index (χ2v) is 4.58. The van der Waals surface area contributed by atoms with Crippen molar-refractivity contribution in [3.8, 4) is 0 Å². The van der Waals surface area contributed by atoms with E-state index in [9.17, 15) is 4.79 Å². The number of carbonyl (C=O) groups excluding carboxylic acids is 1. The Morgan fingerprint density at radius 2 is 2.16 bits per heavy atom. The summed E-state index contributed by atoms with van der Waals surface area (Å²) in [6.07, 6.45) is -0.650. The van der Waals surface area contributed by atoms with E-state index in [-0.39, 0.29) is 19.2 Å². The minimum Gasteiger partial charge on any atom is -0.433 e. The van der Waals surface area contributed by atoms with Crippen LogP contribution in [0.25, 0.3) is 0 Å². The largest absolute Gasteiger partial charge is 0.433 e. The summed E-state index contributed by atoms with van der Waals surface area (Å²) in [5, 5.41) is 0. The smallest absolute Gasteiger partial charge is 0.305 e. The van der Waals surface area contributed by atoms with Gasteiger partial charge in [0.1, 0.15) is 13.2 Å². The number of ether oxygens (including phenoxy) is 4. The molecule has 1 aliphatic heterocycles. The molecule has 0 aliphatic carbocycles. The predicted molar refractivity (Wildman–Crippen MR) is 67.1 cm³/mol. The molecule has 104 valence electrons. The summed E-state index contributed by atoms with van der Waals surface area (Å²) in [6.45, 7) is 4.10. The summed E-state index contributed by atoms with van der Waals surface area (Å²) in [6, 6.07) is 9.85. The van der Waals surface area contributed by atoms with Crippen LogP contribution in [0.5, 0.6) is 0 Å². The van der Waals surface area contributed by atoms with Crippen molar-refractivity contribution in [2.24, 2.45) is 0 Å². The van der Waals surface area contributed by atoms with Crippen molar-refractivity contribution >= 4 is 5.97 Å². The highest BCUT2D eigenvalue weighted by Gasteiger charge is 2.39. The molecule has 0 aromatic heterocycles. The van der Waals surface area contributed by atoms with Crippen LogP contribution in [0.1, 0.15) is 19.4 Å². The highest BCUT2D eigenvalue weighted by Crippen LogP contribution is 2.24. The van der Waals surface area contributed by atoms with Gasteiger partial charge in [-0.2, -0.15) is 0 Å². The molecule has 0 saturated carbocycles. The lowest BCUT2D eigenvalue weighted by Gasteiger charge is -2.22. The van der Waals surface area contributed by atoms with E-state index in [1.165, 1.54) is 6.92 Å². The molecule has 0 radical (unpaired) electrons. The molecule has 0 spiro atoms.